The van der Waals surface area contributed by atoms with Crippen molar-refractivity contribution < 1.29 is 0 Å². The zero-order valence-electron chi connectivity index (χ0n) is 7.72. The molecule has 0 spiro atoms. The molecule has 0 fully saturated rings. The SMILES string of the molecule is C=CCCNC(C)c1sccc1Br. The van der Waals surface area contributed by atoms with Gasteiger partial charge in [-0.15, -0.1) is 17.9 Å². The zero-order valence-corrected chi connectivity index (χ0v) is 10.1. The summed E-state index contributed by atoms with van der Waals surface area (Å²) >= 11 is 5.31. The molecule has 1 aromatic rings. The molecule has 1 atom stereocenters. The lowest BCUT2D eigenvalue weighted by Gasteiger charge is -2.11. The van der Waals surface area contributed by atoms with E-state index in [1.165, 1.54) is 9.35 Å². The number of nitrogens with one attached hydrogen (secondary N) is 1. The van der Waals surface area contributed by atoms with Gasteiger partial charge in [-0.3, -0.25) is 0 Å². The third-order valence-corrected chi connectivity index (χ3v) is 3.89. The van der Waals surface area contributed by atoms with Crippen molar-refractivity contribution in [1.82, 2.24) is 5.32 Å². The van der Waals surface area contributed by atoms with Crippen LogP contribution < -0.4 is 5.32 Å². The van der Waals surface area contributed by atoms with E-state index in [2.05, 4.69) is 46.2 Å². The molecule has 0 amide bonds. The van der Waals surface area contributed by atoms with Gasteiger partial charge in [-0.05, 0) is 47.3 Å². The second-order valence-corrected chi connectivity index (χ2v) is 4.69. The molecule has 0 aliphatic rings. The first-order valence-electron chi connectivity index (χ1n) is 4.33. The molecule has 13 heavy (non-hydrogen) atoms. The molecule has 3 heteroatoms. The van der Waals surface area contributed by atoms with Gasteiger partial charge in [-0.2, -0.15) is 0 Å². The van der Waals surface area contributed by atoms with Crippen molar-refractivity contribution in [3.05, 3.63) is 33.5 Å². The summed E-state index contributed by atoms with van der Waals surface area (Å²) < 4.78 is 1.20. The van der Waals surface area contributed by atoms with Gasteiger partial charge in [-0.1, -0.05) is 6.08 Å². The quantitative estimate of drug-likeness (QED) is 0.628. The molecule has 0 aliphatic heterocycles. The molecule has 0 saturated heterocycles. The van der Waals surface area contributed by atoms with E-state index in [0.717, 1.165) is 13.0 Å². The molecular formula is C10H14BrNS. The lowest BCUT2D eigenvalue weighted by atomic mass is 10.2. The van der Waals surface area contributed by atoms with E-state index in [-0.39, 0.29) is 0 Å². The van der Waals surface area contributed by atoms with Crippen molar-refractivity contribution in [2.75, 3.05) is 6.54 Å². The Hall–Kier alpha value is -0.120. The third kappa shape index (κ3) is 3.25. The van der Waals surface area contributed by atoms with Crippen LogP contribution in [0.4, 0.5) is 0 Å². The first-order valence-corrected chi connectivity index (χ1v) is 6.00. The van der Waals surface area contributed by atoms with E-state index >= 15 is 0 Å². The highest BCUT2D eigenvalue weighted by molar-refractivity contribution is 9.10. The Kier molecular flexibility index (Phi) is 4.70. The maximum Gasteiger partial charge on any atom is 0.0397 e. The molecule has 0 aromatic carbocycles. The summed E-state index contributed by atoms with van der Waals surface area (Å²) in [6.07, 6.45) is 2.95. The molecular weight excluding hydrogens is 246 g/mol. The minimum absolute atomic E-state index is 0.425. The third-order valence-electron chi connectivity index (χ3n) is 1.84. The standard InChI is InChI=1S/C10H14BrNS/c1-3-4-6-12-8(2)10-9(11)5-7-13-10/h3,5,7-8,12H,1,4,6H2,2H3. The van der Waals surface area contributed by atoms with E-state index in [0.29, 0.717) is 6.04 Å². The Labute approximate surface area is 92.0 Å². The number of thiophene rings is 1. The molecule has 0 saturated carbocycles. The molecule has 72 valence electrons. The highest BCUT2D eigenvalue weighted by Gasteiger charge is 2.08. The number of halogens is 1. The number of rotatable bonds is 5. The molecule has 1 nitrogen and oxygen atoms in total. The zero-order chi connectivity index (χ0) is 9.68. The predicted octanol–water partition coefficient (Wildman–Crippen LogP) is 3.74. The summed E-state index contributed by atoms with van der Waals surface area (Å²) in [6.45, 7) is 6.87. The van der Waals surface area contributed by atoms with Crippen molar-refractivity contribution >= 4 is 27.3 Å². The summed E-state index contributed by atoms with van der Waals surface area (Å²) in [5.74, 6) is 0. The van der Waals surface area contributed by atoms with Gasteiger partial charge in [0.05, 0.1) is 0 Å². The molecule has 1 unspecified atom stereocenters. The van der Waals surface area contributed by atoms with Crippen LogP contribution in [-0.4, -0.2) is 6.54 Å². The molecule has 0 aliphatic carbocycles. The Bertz CT molecular complexity index is 270. The van der Waals surface area contributed by atoms with Crippen LogP contribution >= 0.6 is 27.3 Å². The smallest absolute Gasteiger partial charge is 0.0397 e. The van der Waals surface area contributed by atoms with Crippen LogP contribution in [0.2, 0.25) is 0 Å². The Balaban J connectivity index is 2.44. The number of hydrogen-bond donors (Lipinski definition) is 1. The van der Waals surface area contributed by atoms with Gasteiger partial charge in [-0.25, -0.2) is 0 Å². The summed E-state index contributed by atoms with van der Waals surface area (Å²) in [7, 11) is 0. The second-order valence-electron chi connectivity index (χ2n) is 2.89. The van der Waals surface area contributed by atoms with Crippen LogP contribution in [0.5, 0.6) is 0 Å². The van der Waals surface area contributed by atoms with Gasteiger partial charge >= 0.3 is 0 Å². The molecule has 1 rings (SSSR count). The van der Waals surface area contributed by atoms with E-state index in [1.54, 1.807) is 11.3 Å². The summed E-state index contributed by atoms with van der Waals surface area (Å²) in [4.78, 5) is 1.36. The van der Waals surface area contributed by atoms with E-state index in [4.69, 9.17) is 0 Å². The van der Waals surface area contributed by atoms with Crippen LogP contribution in [0.25, 0.3) is 0 Å². The summed E-state index contributed by atoms with van der Waals surface area (Å²) in [6, 6.07) is 2.51. The fraction of sp³-hybridized carbons (Fsp3) is 0.400. The van der Waals surface area contributed by atoms with Gasteiger partial charge in [0.2, 0.25) is 0 Å². The van der Waals surface area contributed by atoms with E-state index in [1.807, 2.05) is 6.08 Å². The maximum atomic E-state index is 3.69. The fourth-order valence-corrected chi connectivity index (χ4v) is 2.86. The summed E-state index contributed by atoms with van der Waals surface area (Å²) in [5.41, 5.74) is 0. The van der Waals surface area contributed by atoms with E-state index in [9.17, 15) is 0 Å². The molecule has 0 radical (unpaired) electrons. The monoisotopic (exact) mass is 259 g/mol. The first kappa shape index (κ1) is 11.0. The van der Waals surface area contributed by atoms with Crippen molar-refractivity contribution in [2.24, 2.45) is 0 Å². The van der Waals surface area contributed by atoms with Gasteiger partial charge in [0.25, 0.3) is 0 Å². The first-order chi connectivity index (χ1) is 6.25. The highest BCUT2D eigenvalue weighted by atomic mass is 79.9. The Morgan fingerprint density at radius 2 is 2.54 bits per heavy atom. The molecule has 1 N–H and O–H groups in total. The Morgan fingerprint density at radius 1 is 1.77 bits per heavy atom. The molecule has 1 aromatic heterocycles. The summed E-state index contributed by atoms with van der Waals surface area (Å²) in [5, 5.41) is 5.54. The molecule has 1 heterocycles. The lowest BCUT2D eigenvalue weighted by molar-refractivity contribution is 0.588. The van der Waals surface area contributed by atoms with E-state index < -0.39 is 0 Å². The van der Waals surface area contributed by atoms with Crippen molar-refractivity contribution in [3.8, 4) is 0 Å². The number of hydrogen-bond acceptors (Lipinski definition) is 2. The topological polar surface area (TPSA) is 12.0 Å². The minimum atomic E-state index is 0.425. The van der Waals surface area contributed by atoms with Gasteiger partial charge in [0, 0.05) is 15.4 Å². The minimum Gasteiger partial charge on any atom is -0.309 e. The van der Waals surface area contributed by atoms with Gasteiger partial charge in [0.15, 0.2) is 0 Å². The Morgan fingerprint density at radius 3 is 3.08 bits per heavy atom. The van der Waals surface area contributed by atoms with Crippen LogP contribution in [0, 0.1) is 0 Å². The fourth-order valence-electron chi connectivity index (χ4n) is 1.11. The van der Waals surface area contributed by atoms with Crippen molar-refractivity contribution in [3.63, 3.8) is 0 Å². The average molecular weight is 260 g/mol. The normalized spacial score (nSPS) is 12.8. The van der Waals surface area contributed by atoms with Crippen LogP contribution in [0.1, 0.15) is 24.3 Å². The van der Waals surface area contributed by atoms with Crippen LogP contribution in [-0.2, 0) is 0 Å². The van der Waals surface area contributed by atoms with Gasteiger partial charge < -0.3 is 5.32 Å². The maximum absolute atomic E-state index is 3.69. The lowest BCUT2D eigenvalue weighted by Crippen LogP contribution is -2.18. The van der Waals surface area contributed by atoms with Crippen LogP contribution in [0.3, 0.4) is 0 Å². The van der Waals surface area contributed by atoms with Crippen LogP contribution in [0.15, 0.2) is 28.6 Å². The highest BCUT2D eigenvalue weighted by Crippen LogP contribution is 2.28. The van der Waals surface area contributed by atoms with Crippen molar-refractivity contribution in [1.29, 1.82) is 0 Å². The largest absolute Gasteiger partial charge is 0.309 e. The van der Waals surface area contributed by atoms with Crippen molar-refractivity contribution in [2.45, 2.75) is 19.4 Å². The van der Waals surface area contributed by atoms with Gasteiger partial charge in [0.1, 0.15) is 0 Å². The molecule has 0 bridgehead atoms. The average Bonchev–Trinajstić information content (AvgIpc) is 2.52. The predicted molar refractivity (Wildman–Crippen MR) is 63.3 cm³/mol. The second kappa shape index (κ2) is 5.58.